The fraction of sp³-hybridized carbons (Fsp3) is 0.294. The molecule has 0 unspecified atom stereocenters. The zero-order chi connectivity index (χ0) is 14.7. The van der Waals surface area contributed by atoms with Crippen molar-refractivity contribution in [2.75, 3.05) is 0 Å². The molecule has 3 rings (SSSR count). The highest BCUT2D eigenvalue weighted by atomic mass is 79.9. The number of hydrogen-bond acceptors (Lipinski definition) is 2. The molecule has 1 fully saturated rings. The maximum atomic E-state index is 12.9. The molecule has 0 heterocycles. The fourth-order valence-corrected chi connectivity index (χ4v) is 2.52. The van der Waals surface area contributed by atoms with Crippen molar-refractivity contribution in [2.24, 2.45) is 0 Å². The lowest BCUT2D eigenvalue weighted by Crippen LogP contribution is -2.16. The van der Waals surface area contributed by atoms with E-state index < -0.39 is 0 Å². The summed E-state index contributed by atoms with van der Waals surface area (Å²) in [5.41, 5.74) is 2.10. The van der Waals surface area contributed by atoms with E-state index in [9.17, 15) is 4.39 Å². The van der Waals surface area contributed by atoms with Gasteiger partial charge in [0.15, 0.2) is 0 Å². The standard InChI is InChI=1S/C17H17BrFNO/c18-14-3-8-17(13(9-14)10-20-16-6-7-16)21-11-12-1-4-15(19)5-2-12/h1-5,8-9,16,20H,6-7,10-11H2. The third-order valence-corrected chi connectivity index (χ3v) is 3.98. The smallest absolute Gasteiger partial charge is 0.124 e. The Bertz CT molecular complexity index is 611. The first-order valence-corrected chi connectivity index (χ1v) is 7.89. The molecule has 1 aliphatic rings. The van der Waals surface area contributed by atoms with E-state index in [2.05, 4.69) is 27.3 Å². The minimum absolute atomic E-state index is 0.225. The van der Waals surface area contributed by atoms with Crippen molar-refractivity contribution in [3.8, 4) is 5.75 Å². The molecular weight excluding hydrogens is 333 g/mol. The summed E-state index contributed by atoms with van der Waals surface area (Å²) in [4.78, 5) is 0. The molecule has 0 amide bonds. The van der Waals surface area contributed by atoms with Crippen molar-refractivity contribution in [2.45, 2.75) is 32.0 Å². The molecule has 0 aliphatic heterocycles. The summed E-state index contributed by atoms with van der Waals surface area (Å²) < 4.78 is 19.8. The third kappa shape index (κ3) is 4.29. The second-order valence-corrected chi connectivity index (χ2v) is 6.24. The topological polar surface area (TPSA) is 21.3 Å². The highest BCUT2D eigenvalue weighted by molar-refractivity contribution is 9.10. The Morgan fingerprint density at radius 1 is 1.14 bits per heavy atom. The first-order chi connectivity index (χ1) is 10.2. The molecule has 4 heteroatoms. The zero-order valence-corrected chi connectivity index (χ0v) is 13.2. The van der Waals surface area contributed by atoms with Crippen molar-refractivity contribution in [3.05, 3.63) is 63.9 Å². The predicted molar refractivity (Wildman–Crippen MR) is 84.7 cm³/mol. The van der Waals surface area contributed by atoms with Crippen LogP contribution in [-0.2, 0) is 13.2 Å². The number of benzene rings is 2. The van der Waals surface area contributed by atoms with Gasteiger partial charge in [0.25, 0.3) is 0 Å². The van der Waals surface area contributed by atoms with Crippen LogP contribution in [0.2, 0.25) is 0 Å². The average Bonchev–Trinajstić information content (AvgIpc) is 3.30. The van der Waals surface area contributed by atoms with Crippen LogP contribution in [0.3, 0.4) is 0 Å². The van der Waals surface area contributed by atoms with Gasteiger partial charge in [-0.15, -0.1) is 0 Å². The first-order valence-electron chi connectivity index (χ1n) is 7.10. The lowest BCUT2D eigenvalue weighted by Gasteiger charge is -2.13. The molecule has 1 N–H and O–H groups in total. The van der Waals surface area contributed by atoms with Crippen LogP contribution in [0.1, 0.15) is 24.0 Å². The van der Waals surface area contributed by atoms with Gasteiger partial charge in [-0.25, -0.2) is 4.39 Å². The van der Waals surface area contributed by atoms with E-state index in [1.165, 1.54) is 25.0 Å². The molecular formula is C17H17BrFNO. The number of hydrogen-bond donors (Lipinski definition) is 1. The Morgan fingerprint density at radius 2 is 1.90 bits per heavy atom. The second kappa shape index (κ2) is 6.58. The third-order valence-electron chi connectivity index (χ3n) is 3.49. The van der Waals surface area contributed by atoms with Gasteiger partial charge >= 0.3 is 0 Å². The van der Waals surface area contributed by atoms with Crippen LogP contribution in [0.15, 0.2) is 46.9 Å². The predicted octanol–water partition coefficient (Wildman–Crippen LogP) is 4.42. The van der Waals surface area contributed by atoms with Crippen LogP contribution in [0.25, 0.3) is 0 Å². The molecule has 2 nitrogen and oxygen atoms in total. The molecule has 0 aromatic heterocycles. The van der Waals surface area contributed by atoms with E-state index in [-0.39, 0.29) is 5.82 Å². The Balaban J connectivity index is 1.66. The van der Waals surface area contributed by atoms with Gasteiger partial charge < -0.3 is 10.1 Å². The summed E-state index contributed by atoms with van der Waals surface area (Å²) in [6, 6.07) is 13.1. The average molecular weight is 350 g/mol. The summed E-state index contributed by atoms with van der Waals surface area (Å²) in [6.07, 6.45) is 2.53. The lowest BCUT2D eigenvalue weighted by atomic mass is 10.2. The van der Waals surface area contributed by atoms with Crippen LogP contribution < -0.4 is 10.1 Å². The van der Waals surface area contributed by atoms with Gasteiger partial charge in [0.05, 0.1) is 0 Å². The Morgan fingerprint density at radius 3 is 2.62 bits per heavy atom. The molecule has 0 radical (unpaired) electrons. The molecule has 0 atom stereocenters. The molecule has 110 valence electrons. The van der Waals surface area contributed by atoms with Gasteiger partial charge in [0.1, 0.15) is 18.2 Å². The summed E-state index contributed by atoms with van der Waals surface area (Å²) in [5.74, 6) is 0.646. The molecule has 0 saturated heterocycles. The van der Waals surface area contributed by atoms with Crippen LogP contribution >= 0.6 is 15.9 Å². The quantitative estimate of drug-likeness (QED) is 0.833. The SMILES string of the molecule is Fc1ccc(COc2ccc(Br)cc2CNC2CC2)cc1. The minimum Gasteiger partial charge on any atom is -0.489 e. The minimum atomic E-state index is -0.225. The van der Waals surface area contributed by atoms with Gasteiger partial charge in [0.2, 0.25) is 0 Å². The Hall–Kier alpha value is -1.39. The van der Waals surface area contributed by atoms with Crippen LogP contribution in [0, 0.1) is 5.82 Å². The number of rotatable bonds is 6. The van der Waals surface area contributed by atoms with Gasteiger partial charge in [-0.3, -0.25) is 0 Å². The van der Waals surface area contributed by atoms with Crippen molar-refractivity contribution < 1.29 is 9.13 Å². The van der Waals surface area contributed by atoms with Gasteiger partial charge in [-0.1, -0.05) is 28.1 Å². The van der Waals surface area contributed by atoms with E-state index in [1.807, 2.05) is 12.1 Å². The van der Waals surface area contributed by atoms with Crippen LogP contribution in [-0.4, -0.2) is 6.04 Å². The molecule has 21 heavy (non-hydrogen) atoms. The highest BCUT2D eigenvalue weighted by Crippen LogP contribution is 2.26. The van der Waals surface area contributed by atoms with E-state index >= 15 is 0 Å². The number of ether oxygens (including phenoxy) is 1. The van der Waals surface area contributed by atoms with Crippen molar-refractivity contribution in [1.82, 2.24) is 5.32 Å². The van der Waals surface area contributed by atoms with E-state index in [0.717, 1.165) is 27.9 Å². The maximum Gasteiger partial charge on any atom is 0.124 e. The van der Waals surface area contributed by atoms with Crippen molar-refractivity contribution in [3.63, 3.8) is 0 Å². The molecule has 0 bridgehead atoms. The first kappa shape index (κ1) is 14.5. The summed E-state index contributed by atoms with van der Waals surface area (Å²) in [6.45, 7) is 1.25. The van der Waals surface area contributed by atoms with Gasteiger partial charge in [0, 0.05) is 22.6 Å². The largest absolute Gasteiger partial charge is 0.489 e. The summed E-state index contributed by atoms with van der Waals surface area (Å²) in [5, 5.41) is 3.50. The molecule has 0 spiro atoms. The second-order valence-electron chi connectivity index (χ2n) is 5.32. The summed E-state index contributed by atoms with van der Waals surface area (Å²) in [7, 11) is 0. The molecule has 1 saturated carbocycles. The lowest BCUT2D eigenvalue weighted by molar-refractivity contribution is 0.302. The van der Waals surface area contributed by atoms with Gasteiger partial charge in [-0.05, 0) is 48.7 Å². The highest BCUT2D eigenvalue weighted by Gasteiger charge is 2.20. The molecule has 1 aliphatic carbocycles. The normalized spacial score (nSPS) is 14.2. The van der Waals surface area contributed by atoms with E-state index in [0.29, 0.717) is 12.6 Å². The van der Waals surface area contributed by atoms with E-state index in [4.69, 9.17) is 4.74 Å². The van der Waals surface area contributed by atoms with Crippen LogP contribution in [0.4, 0.5) is 4.39 Å². The maximum absolute atomic E-state index is 12.9. The zero-order valence-electron chi connectivity index (χ0n) is 11.6. The number of halogens is 2. The number of nitrogens with one attached hydrogen (secondary N) is 1. The Kier molecular flexibility index (Phi) is 4.56. The fourth-order valence-electron chi connectivity index (χ4n) is 2.11. The molecule has 2 aromatic carbocycles. The van der Waals surface area contributed by atoms with E-state index in [1.54, 1.807) is 12.1 Å². The Labute approximate surface area is 132 Å². The monoisotopic (exact) mass is 349 g/mol. The van der Waals surface area contributed by atoms with Crippen molar-refractivity contribution >= 4 is 15.9 Å². The van der Waals surface area contributed by atoms with Crippen molar-refractivity contribution in [1.29, 1.82) is 0 Å². The summed E-state index contributed by atoms with van der Waals surface area (Å²) >= 11 is 3.50. The van der Waals surface area contributed by atoms with Crippen LogP contribution in [0.5, 0.6) is 5.75 Å². The molecule has 2 aromatic rings. The van der Waals surface area contributed by atoms with Gasteiger partial charge in [-0.2, -0.15) is 0 Å².